The van der Waals surface area contributed by atoms with Crippen molar-refractivity contribution in [1.82, 2.24) is 4.90 Å². The molecule has 0 spiro atoms. The standard InChI is InChI=1S/C17H18N2O4/c1-13-15(9-6-10-16(13)19(21)22)17(20)18(2)11-12-23-14-7-4-3-5-8-14/h3-10H,11-12H2,1-2H3. The van der Waals surface area contributed by atoms with E-state index in [1.165, 1.54) is 17.0 Å². The summed E-state index contributed by atoms with van der Waals surface area (Å²) in [4.78, 5) is 24.4. The van der Waals surface area contributed by atoms with Crippen LogP contribution in [-0.2, 0) is 0 Å². The van der Waals surface area contributed by atoms with Gasteiger partial charge in [-0.3, -0.25) is 14.9 Å². The SMILES string of the molecule is Cc1c(C(=O)N(C)CCOc2ccccc2)cccc1[N+](=O)[O-]. The van der Waals surface area contributed by atoms with Crippen LogP contribution in [0.2, 0.25) is 0 Å². The molecular formula is C17H18N2O4. The topological polar surface area (TPSA) is 72.7 Å². The van der Waals surface area contributed by atoms with Crippen LogP contribution in [0.4, 0.5) is 5.69 Å². The van der Waals surface area contributed by atoms with Crippen LogP contribution in [0.25, 0.3) is 0 Å². The molecule has 0 atom stereocenters. The van der Waals surface area contributed by atoms with Gasteiger partial charge >= 0.3 is 0 Å². The molecule has 0 saturated heterocycles. The highest BCUT2D eigenvalue weighted by Crippen LogP contribution is 2.22. The van der Waals surface area contributed by atoms with E-state index in [4.69, 9.17) is 4.74 Å². The van der Waals surface area contributed by atoms with Crippen LogP contribution < -0.4 is 4.74 Å². The van der Waals surface area contributed by atoms with Gasteiger partial charge in [0.15, 0.2) is 0 Å². The number of para-hydroxylation sites is 1. The van der Waals surface area contributed by atoms with E-state index in [-0.39, 0.29) is 11.6 Å². The first-order chi connectivity index (χ1) is 11.0. The summed E-state index contributed by atoms with van der Waals surface area (Å²) in [6, 6.07) is 13.8. The molecule has 1 amide bonds. The van der Waals surface area contributed by atoms with Gasteiger partial charge in [-0.1, -0.05) is 24.3 Å². The minimum atomic E-state index is -0.482. The van der Waals surface area contributed by atoms with Gasteiger partial charge in [0.2, 0.25) is 0 Å². The average Bonchev–Trinajstić information content (AvgIpc) is 2.55. The van der Waals surface area contributed by atoms with E-state index in [9.17, 15) is 14.9 Å². The van der Waals surface area contributed by atoms with Gasteiger partial charge in [-0.05, 0) is 25.1 Å². The van der Waals surface area contributed by atoms with Crippen molar-refractivity contribution in [2.75, 3.05) is 20.2 Å². The van der Waals surface area contributed by atoms with Crippen LogP contribution in [0.15, 0.2) is 48.5 Å². The Hall–Kier alpha value is -2.89. The molecule has 6 heteroatoms. The zero-order valence-electron chi connectivity index (χ0n) is 13.1. The lowest BCUT2D eigenvalue weighted by molar-refractivity contribution is -0.385. The lowest BCUT2D eigenvalue weighted by Crippen LogP contribution is -2.31. The van der Waals surface area contributed by atoms with Gasteiger partial charge in [-0.2, -0.15) is 0 Å². The number of hydrogen-bond donors (Lipinski definition) is 0. The van der Waals surface area contributed by atoms with E-state index < -0.39 is 4.92 Å². The van der Waals surface area contributed by atoms with E-state index >= 15 is 0 Å². The van der Waals surface area contributed by atoms with Gasteiger partial charge in [0, 0.05) is 24.2 Å². The summed E-state index contributed by atoms with van der Waals surface area (Å²) >= 11 is 0. The highest BCUT2D eigenvalue weighted by molar-refractivity contribution is 5.96. The lowest BCUT2D eigenvalue weighted by Gasteiger charge is -2.18. The number of nitro benzene ring substituents is 1. The summed E-state index contributed by atoms with van der Waals surface area (Å²) in [6.07, 6.45) is 0. The molecule has 0 fully saturated rings. The third-order valence-corrected chi connectivity index (χ3v) is 3.52. The maximum absolute atomic E-state index is 12.4. The molecule has 0 aliphatic heterocycles. The summed E-state index contributed by atoms with van der Waals surface area (Å²) < 4.78 is 5.55. The molecule has 0 aromatic heterocycles. The zero-order valence-corrected chi connectivity index (χ0v) is 13.1. The Morgan fingerprint density at radius 2 is 1.87 bits per heavy atom. The third-order valence-electron chi connectivity index (χ3n) is 3.52. The Morgan fingerprint density at radius 1 is 1.17 bits per heavy atom. The van der Waals surface area contributed by atoms with Crippen molar-refractivity contribution in [3.63, 3.8) is 0 Å². The van der Waals surface area contributed by atoms with Gasteiger partial charge in [0.05, 0.1) is 11.5 Å². The summed E-state index contributed by atoms with van der Waals surface area (Å²) in [6.45, 7) is 2.32. The predicted molar refractivity (Wildman–Crippen MR) is 86.7 cm³/mol. The highest BCUT2D eigenvalue weighted by Gasteiger charge is 2.20. The van der Waals surface area contributed by atoms with Crippen molar-refractivity contribution < 1.29 is 14.5 Å². The summed E-state index contributed by atoms with van der Waals surface area (Å²) in [5.41, 5.74) is 0.657. The molecule has 0 aliphatic carbocycles. The van der Waals surface area contributed by atoms with E-state index in [2.05, 4.69) is 0 Å². The number of ether oxygens (including phenoxy) is 1. The number of nitrogens with zero attached hydrogens (tertiary/aromatic N) is 2. The minimum Gasteiger partial charge on any atom is -0.492 e. The Morgan fingerprint density at radius 3 is 2.52 bits per heavy atom. The first kappa shape index (κ1) is 16.5. The second-order valence-corrected chi connectivity index (χ2v) is 5.10. The normalized spacial score (nSPS) is 10.2. The second-order valence-electron chi connectivity index (χ2n) is 5.10. The molecule has 2 aromatic rings. The number of amides is 1. The molecule has 120 valence electrons. The van der Waals surface area contributed by atoms with Gasteiger partial charge in [0.25, 0.3) is 11.6 Å². The van der Waals surface area contributed by atoms with Crippen LogP contribution in [-0.4, -0.2) is 35.9 Å². The van der Waals surface area contributed by atoms with Crippen molar-refractivity contribution in [1.29, 1.82) is 0 Å². The number of likely N-dealkylation sites (N-methyl/N-ethyl adjacent to an activating group) is 1. The monoisotopic (exact) mass is 314 g/mol. The van der Waals surface area contributed by atoms with E-state index in [0.29, 0.717) is 24.3 Å². The Kier molecular flexibility index (Phi) is 5.30. The van der Waals surface area contributed by atoms with Crippen molar-refractivity contribution in [2.24, 2.45) is 0 Å². The average molecular weight is 314 g/mol. The maximum atomic E-state index is 12.4. The Labute approximate surface area is 134 Å². The van der Waals surface area contributed by atoms with Crippen LogP contribution in [0.3, 0.4) is 0 Å². The first-order valence-corrected chi connectivity index (χ1v) is 7.18. The summed E-state index contributed by atoms with van der Waals surface area (Å²) in [5.74, 6) is 0.475. The number of carbonyl (C=O) groups is 1. The van der Waals surface area contributed by atoms with Crippen molar-refractivity contribution >= 4 is 11.6 Å². The molecule has 2 aromatic carbocycles. The molecule has 0 saturated carbocycles. The van der Waals surface area contributed by atoms with Crippen molar-refractivity contribution in [2.45, 2.75) is 6.92 Å². The zero-order chi connectivity index (χ0) is 16.8. The largest absolute Gasteiger partial charge is 0.492 e. The molecule has 2 rings (SSSR count). The summed E-state index contributed by atoms with van der Waals surface area (Å²) in [5, 5.41) is 11.0. The van der Waals surface area contributed by atoms with Crippen LogP contribution in [0, 0.1) is 17.0 Å². The van der Waals surface area contributed by atoms with Gasteiger partial charge in [-0.25, -0.2) is 0 Å². The smallest absolute Gasteiger partial charge is 0.273 e. The Bertz CT molecular complexity index is 701. The van der Waals surface area contributed by atoms with Crippen molar-refractivity contribution in [3.8, 4) is 5.75 Å². The van der Waals surface area contributed by atoms with E-state index in [1.807, 2.05) is 30.3 Å². The Balaban J connectivity index is 2.00. The molecule has 23 heavy (non-hydrogen) atoms. The maximum Gasteiger partial charge on any atom is 0.273 e. The number of rotatable bonds is 6. The summed E-state index contributed by atoms with van der Waals surface area (Å²) in [7, 11) is 1.65. The number of nitro groups is 1. The quantitative estimate of drug-likeness (QED) is 0.607. The third kappa shape index (κ3) is 4.06. The highest BCUT2D eigenvalue weighted by atomic mass is 16.6. The van der Waals surface area contributed by atoms with Crippen LogP contribution in [0.5, 0.6) is 5.75 Å². The molecule has 0 radical (unpaired) electrons. The fourth-order valence-electron chi connectivity index (χ4n) is 2.18. The van der Waals surface area contributed by atoms with E-state index in [0.717, 1.165) is 5.75 Å². The molecule has 0 heterocycles. The van der Waals surface area contributed by atoms with E-state index in [1.54, 1.807) is 20.0 Å². The molecule has 6 nitrogen and oxygen atoms in total. The molecule has 0 unspecified atom stereocenters. The van der Waals surface area contributed by atoms with Crippen LogP contribution in [0.1, 0.15) is 15.9 Å². The fourth-order valence-corrected chi connectivity index (χ4v) is 2.18. The molecule has 0 bridgehead atoms. The fraction of sp³-hybridized carbons (Fsp3) is 0.235. The second kappa shape index (κ2) is 7.40. The van der Waals surface area contributed by atoms with Crippen LogP contribution >= 0.6 is 0 Å². The molecular weight excluding hydrogens is 296 g/mol. The number of hydrogen-bond acceptors (Lipinski definition) is 4. The van der Waals surface area contributed by atoms with Crippen molar-refractivity contribution in [3.05, 3.63) is 69.8 Å². The number of benzene rings is 2. The van der Waals surface area contributed by atoms with Gasteiger partial charge < -0.3 is 9.64 Å². The first-order valence-electron chi connectivity index (χ1n) is 7.18. The van der Waals surface area contributed by atoms with Gasteiger partial charge in [0.1, 0.15) is 12.4 Å². The molecule has 0 aliphatic rings. The molecule has 0 N–H and O–H groups in total. The number of carbonyl (C=O) groups excluding carboxylic acids is 1. The minimum absolute atomic E-state index is 0.0511. The predicted octanol–water partition coefficient (Wildman–Crippen LogP) is 3.05. The lowest BCUT2D eigenvalue weighted by atomic mass is 10.1. The van der Waals surface area contributed by atoms with Gasteiger partial charge in [-0.15, -0.1) is 0 Å².